The number of pyridine rings is 1. The van der Waals surface area contributed by atoms with Crippen LogP contribution in [0.3, 0.4) is 0 Å². The van der Waals surface area contributed by atoms with Crippen molar-refractivity contribution >= 4 is 17.5 Å². The number of urea groups is 1. The molecule has 0 aliphatic carbocycles. The van der Waals surface area contributed by atoms with E-state index in [1.807, 2.05) is 35.2 Å². The Hall–Kier alpha value is -4.27. The van der Waals surface area contributed by atoms with Crippen molar-refractivity contribution in [1.29, 1.82) is 0 Å². The second kappa shape index (κ2) is 9.07. The highest BCUT2D eigenvalue weighted by molar-refractivity contribution is 5.99. The van der Waals surface area contributed by atoms with E-state index in [0.717, 1.165) is 5.56 Å². The number of carbonyl (C=O) groups excluding carboxylic acids is 1. The number of nitrogens with zero attached hydrogens (tertiary/aromatic N) is 5. The van der Waals surface area contributed by atoms with Crippen LogP contribution in [0.5, 0.6) is 0 Å². The molecular formula is C27H25F2N6O. The monoisotopic (exact) mass is 487 g/mol. The van der Waals surface area contributed by atoms with Crippen molar-refractivity contribution in [2.24, 2.45) is 18.7 Å². The molecule has 0 unspecified atom stereocenters. The zero-order valence-electron chi connectivity index (χ0n) is 20.1. The normalized spacial score (nSPS) is 12.9. The van der Waals surface area contributed by atoms with E-state index >= 15 is 0 Å². The highest BCUT2D eigenvalue weighted by atomic mass is 19.1. The van der Waals surface area contributed by atoms with Crippen LogP contribution >= 0.6 is 0 Å². The van der Waals surface area contributed by atoms with Crippen molar-refractivity contribution in [1.82, 2.24) is 14.5 Å². The molecule has 1 radical (unpaired) electrons. The predicted octanol–water partition coefficient (Wildman–Crippen LogP) is 5.57. The number of imidazole rings is 1. The molecule has 2 aromatic carbocycles. The first-order valence-corrected chi connectivity index (χ1v) is 11.5. The summed E-state index contributed by atoms with van der Waals surface area (Å²) in [5.74, 6) is -0.401. The van der Waals surface area contributed by atoms with Gasteiger partial charge in [-0.05, 0) is 30.2 Å². The zero-order valence-corrected chi connectivity index (χ0v) is 20.1. The number of carbonyl (C=O) groups is 1. The molecule has 3 heterocycles. The number of benzene rings is 2. The van der Waals surface area contributed by atoms with Crippen LogP contribution in [-0.2, 0) is 7.05 Å². The lowest BCUT2D eigenvalue weighted by Crippen LogP contribution is -2.35. The summed E-state index contributed by atoms with van der Waals surface area (Å²) in [6.07, 6.45) is 0. The maximum Gasteiger partial charge on any atom is 0.321 e. The van der Waals surface area contributed by atoms with Crippen molar-refractivity contribution in [3.63, 3.8) is 0 Å². The summed E-state index contributed by atoms with van der Waals surface area (Å²) in [6.45, 7) is 6.39. The molecule has 36 heavy (non-hydrogen) atoms. The van der Waals surface area contributed by atoms with Crippen LogP contribution in [0.4, 0.5) is 25.1 Å². The number of rotatable bonds is 5. The maximum atomic E-state index is 14.8. The summed E-state index contributed by atoms with van der Waals surface area (Å²) in [7, 11) is 1.71. The molecule has 2 amide bonds. The van der Waals surface area contributed by atoms with Crippen molar-refractivity contribution in [2.75, 3.05) is 16.3 Å². The van der Waals surface area contributed by atoms with Crippen LogP contribution in [0.1, 0.15) is 13.8 Å². The summed E-state index contributed by atoms with van der Waals surface area (Å²) in [4.78, 5) is 24.9. The average molecular weight is 488 g/mol. The second-order valence-electron chi connectivity index (χ2n) is 9.06. The fraction of sp³-hybridized carbons (Fsp3) is 0.185. The fourth-order valence-corrected chi connectivity index (χ4v) is 4.46. The molecule has 5 rings (SSSR count). The van der Waals surface area contributed by atoms with Crippen LogP contribution < -0.4 is 15.5 Å². The third-order valence-corrected chi connectivity index (χ3v) is 6.01. The summed E-state index contributed by atoms with van der Waals surface area (Å²) in [6, 6.07) is 16.0. The van der Waals surface area contributed by atoms with E-state index in [9.17, 15) is 13.6 Å². The van der Waals surface area contributed by atoms with Gasteiger partial charge in [-0.2, -0.15) is 0 Å². The molecule has 4 aromatic rings. The second-order valence-corrected chi connectivity index (χ2v) is 9.06. The largest absolute Gasteiger partial charge is 0.351 e. The van der Waals surface area contributed by atoms with E-state index in [0.29, 0.717) is 41.0 Å². The molecule has 183 valence electrons. The first-order valence-electron chi connectivity index (χ1n) is 11.5. The van der Waals surface area contributed by atoms with Crippen LogP contribution in [0.2, 0.25) is 0 Å². The minimum atomic E-state index is -0.703. The topological polar surface area (TPSA) is 80.3 Å². The summed E-state index contributed by atoms with van der Waals surface area (Å²) < 4.78 is 31.2. The number of primary amides is 1. The van der Waals surface area contributed by atoms with Gasteiger partial charge in [-0.25, -0.2) is 23.5 Å². The Morgan fingerprint density at radius 2 is 1.67 bits per heavy atom. The minimum absolute atomic E-state index is 0.145. The van der Waals surface area contributed by atoms with E-state index in [4.69, 9.17) is 10.7 Å². The van der Waals surface area contributed by atoms with Gasteiger partial charge in [0.15, 0.2) is 12.5 Å². The van der Waals surface area contributed by atoms with Gasteiger partial charge in [0.05, 0.1) is 28.3 Å². The minimum Gasteiger partial charge on any atom is -0.351 e. The van der Waals surface area contributed by atoms with Crippen LogP contribution in [0.25, 0.3) is 34.0 Å². The number of nitrogens with two attached hydrogens (primary N) is 1. The molecule has 0 saturated heterocycles. The number of anilines is 2. The van der Waals surface area contributed by atoms with Crippen molar-refractivity contribution in [3.05, 3.63) is 79.0 Å². The van der Waals surface area contributed by atoms with Crippen molar-refractivity contribution in [2.45, 2.75) is 13.8 Å². The van der Waals surface area contributed by atoms with Crippen LogP contribution in [-0.4, -0.2) is 27.1 Å². The molecule has 0 bridgehead atoms. The van der Waals surface area contributed by atoms with Gasteiger partial charge >= 0.3 is 6.03 Å². The molecule has 9 heteroatoms. The number of hydrogen-bond donors (Lipinski definition) is 1. The molecule has 7 nitrogen and oxygen atoms in total. The molecule has 1 aliphatic rings. The highest BCUT2D eigenvalue weighted by Gasteiger charge is 2.33. The van der Waals surface area contributed by atoms with E-state index in [1.165, 1.54) is 23.1 Å². The SMILES string of the molecule is CC(C)CN1[CH]N(C(N)=O)c2ccc(-c3c(-c4ccccc4)nc(-c4c(F)cccc4F)n3C)nc21. The number of fused-ring (bicyclic) bond motifs is 1. The lowest BCUT2D eigenvalue weighted by molar-refractivity contribution is 0.255. The van der Waals surface area contributed by atoms with Crippen LogP contribution in [0, 0.1) is 24.2 Å². The van der Waals surface area contributed by atoms with Gasteiger partial charge in [0.1, 0.15) is 17.5 Å². The molecular weight excluding hydrogens is 462 g/mol. The zero-order chi connectivity index (χ0) is 25.6. The third kappa shape index (κ3) is 3.96. The van der Waals surface area contributed by atoms with E-state index in [-0.39, 0.29) is 11.4 Å². The standard InChI is InChI=1S/C27H25F2N6O/c1-16(2)14-34-15-35(27(30)36)21-13-12-20(31-25(21)34)24-23(17-8-5-4-6-9-17)32-26(33(24)3)22-18(28)10-7-11-19(22)29/h4-13,15-16H,14H2,1-3H3,(H2,30,36). The number of aromatic nitrogens is 3. The Bertz CT molecular complexity index is 1430. The van der Waals surface area contributed by atoms with E-state index in [2.05, 4.69) is 18.8 Å². The van der Waals surface area contributed by atoms with Crippen molar-refractivity contribution in [3.8, 4) is 34.0 Å². The van der Waals surface area contributed by atoms with E-state index in [1.54, 1.807) is 30.4 Å². The average Bonchev–Trinajstić information content (AvgIpc) is 3.37. The Kier molecular flexibility index (Phi) is 5.91. The number of halogens is 2. The molecule has 0 fully saturated rings. The van der Waals surface area contributed by atoms with Gasteiger partial charge in [0, 0.05) is 19.2 Å². The first-order chi connectivity index (χ1) is 17.3. The van der Waals surface area contributed by atoms with E-state index < -0.39 is 17.7 Å². The van der Waals surface area contributed by atoms with Gasteiger partial charge in [-0.15, -0.1) is 0 Å². The van der Waals surface area contributed by atoms with Crippen molar-refractivity contribution < 1.29 is 13.6 Å². The first kappa shape index (κ1) is 23.5. The molecule has 0 atom stereocenters. The molecule has 2 N–H and O–H groups in total. The molecule has 0 saturated carbocycles. The van der Waals surface area contributed by atoms with Gasteiger partial charge in [0.2, 0.25) is 0 Å². The Labute approximate surface area is 207 Å². The Morgan fingerprint density at radius 1 is 0.972 bits per heavy atom. The summed E-state index contributed by atoms with van der Waals surface area (Å²) >= 11 is 0. The summed E-state index contributed by atoms with van der Waals surface area (Å²) in [5.41, 5.74) is 8.39. The summed E-state index contributed by atoms with van der Waals surface area (Å²) in [5, 5.41) is 0. The van der Waals surface area contributed by atoms with Gasteiger partial charge in [-0.1, -0.05) is 50.2 Å². The third-order valence-electron chi connectivity index (χ3n) is 6.01. The maximum absolute atomic E-state index is 14.8. The lowest BCUT2D eigenvalue weighted by Gasteiger charge is -2.20. The molecule has 1 aliphatic heterocycles. The number of amides is 2. The smallest absolute Gasteiger partial charge is 0.321 e. The van der Waals surface area contributed by atoms with Crippen LogP contribution in [0.15, 0.2) is 60.7 Å². The predicted molar refractivity (Wildman–Crippen MR) is 136 cm³/mol. The molecule has 2 aromatic heterocycles. The van der Waals surface area contributed by atoms with Gasteiger partial charge in [-0.3, -0.25) is 4.90 Å². The molecule has 0 spiro atoms. The number of hydrogen-bond acceptors (Lipinski definition) is 4. The van der Waals surface area contributed by atoms with Gasteiger partial charge in [0.25, 0.3) is 0 Å². The Morgan fingerprint density at radius 3 is 2.31 bits per heavy atom. The lowest BCUT2D eigenvalue weighted by atomic mass is 10.1. The highest BCUT2D eigenvalue weighted by Crippen LogP contribution is 2.41. The fourth-order valence-electron chi connectivity index (χ4n) is 4.46. The quantitative estimate of drug-likeness (QED) is 0.399. The Balaban J connectivity index is 1.73. The van der Waals surface area contributed by atoms with Gasteiger partial charge < -0.3 is 15.2 Å².